The van der Waals surface area contributed by atoms with Crippen LogP contribution in [0.4, 0.5) is 0 Å². The predicted octanol–water partition coefficient (Wildman–Crippen LogP) is 1.37. The molecule has 0 aromatic rings. The maximum atomic E-state index is 12.6. The minimum Gasteiger partial charge on any atom is -0.333 e. The number of carbonyl (C=O) groups excluding carboxylic acids is 1. The Morgan fingerprint density at radius 1 is 1.47 bits per heavy atom. The molecule has 1 aliphatic heterocycles. The summed E-state index contributed by atoms with van der Waals surface area (Å²) in [6.45, 7) is 5.17. The number of nitrogens with zero attached hydrogens (tertiary/aromatic N) is 3. The molecule has 1 aliphatic carbocycles. The highest BCUT2D eigenvalue weighted by Gasteiger charge is 2.46. The van der Waals surface area contributed by atoms with Crippen molar-refractivity contribution in [1.29, 1.82) is 5.26 Å². The van der Waals surface area contributed by atoms with Gasteiger partial charge in [-0.25, -0.2) is 0 Å². The highest BCUT2D eigenvalue weighted by Crippen LogP contribution is 2.37. The van der Waals surface area contributed by atoms with Crippen LogP contribution in [0.1, 0.15) is 39.5 Å². The summed E-state index contributed by atoms with van der Waals surface area (Å²) in [4.78, 5) is 16.7. The minimum atomic E-state index is -0.248. The van der Waals surface area contributed by atoms with Crippen LogP contribution in [-0.4, -0.2) is 46.9 Å². The SMILES string of the molecule is CN1CCC(C)(C)N(C2CC2)C(=O)C1CC#N. The minimum absolute atomic E-state index is 0.0727. The molecule has 1 heterocycles. The molecule has 0 radical (unpaired) electrons. The quantitative estimate of drug-likeness (QED) is 0.726. The van der Waals surface area contributed by atoms with Crippen LogP contribution in [0.15, 0.2) is 0 Å². The van der Waals surface area contributed by atoms with E-state index in [1.54, 1.807) is 0 Å². The maximum Gasteiger partial charge on any atom is 0.241 e. The van der Waals surface area contributed by atoms with Gasteiger partial charge in [0.1, 0.15) is 6.04 Å². The maximum absolute atomic E-state index is 12.6. The highest BCUT2D eigenvalue weighted by molar-refractivity contribution is 5.83. The van der Waals surface area contributed by atoms with Crippen LogP contribution >= 0.6 is 0 Å². The number of nitriles is 1. The third-order valence-electron chi connectivity index (χ3n) is 3.98. The molecule has 0 spiro atoms. The molecule has 0 aromatic heterocycles. The van der Waals surface area contributed by atoms with Gasteiger partial charge in [-0.05, 0) is 40.2 Å². The van der Waals surface area contributed by atoms with Crippen LogP contribution in [0, 0.1) is 11.3 Å². The number of likely N-dealkylation sites (N-methyl/N-ethyl adjacent to an activating group) is 1. The molecule has 0 aromatic carbocycles. The molecular formula is C13H21N3O. The van der Waals surface area contributed by atoms with E-state index in [1.165, 1.54) is 0 Å². The lowest BCUT2D eigenvalue weighted by molar-refractivity contribution is -0.140. The Hall–Kier alpha value is -1.08. The van der Waals surface area contributed by atoms with Gasteiger partial charge in [-0.15, -0.1) is 0 Å². The van der Waals surface area contributed by atoms with E-state index in [0.29, 0.717) is 12.5 Å². The molecule has 0 bridgehead atoms. The van der Waals surface area contributed by atoms with Crippen LogP contribution in [0.3, 0.4) is 0 Å². The molecule has 2 aliphatic rings. The lowest BCUT2D eigenvalue weighted by Gasteiger charge is -2.38. The Morgan fingerprint density at radius 3 is 2.65 bits per heavy atom. The standard InChI is InChI=1S/C13H21N3O/c1-13(2)7-9-15(3)11(6-8-14)12(17)16(13)10-4-5-10/h10-11H,4-7,9H2,1-3H3. The van der Waals surface area contributed by atoms with Gasteiger partial charge in [-0.2, -0.15) is 5.26 Å². The summed E-state index contributed by atoms with van der Waals surface area (Å²) in [5.41, 5.74) is -0.0727. The van der Waals surface area contributed by atoms with Crippen LogP contribution in [0.25, 0.3) is 0 Å². The van der Waals surface area contributed by atoms with E-state index >= 15 is 0 Å². The van der Waals surface area contributed by atoms with Gasteiger partial charge < -0.3 is 4.90 Å². The third kappa shape index (κ3) is 2.30. The summed E-state index contributed by atoms with van der Waals surface area (Å²) in [6, 6.07) is 2.32. The largest absolute Gasteiger partial charge is 0.333 e. The molecule has 17 heavy (non-hydrogen) atoms. The Morgan fingerprint density at radius 2 is 2.12 bits per heavy atom. The number of hydrogen-bond acceptors (Lipinski definition) is 3. The fraction of sp³-hybridized carbons (Fsp3) is 0.846. The summed E-state index contributed by atoms with van der Waals surface area (Å²) in [7, 11) is 1.95. The van der Waals surface area contributed by atoms with Crippen molar-refractivity contribution in [3.8, 4) is 6.07 Å². The van der Waals surface area contributed by atoms with E-state index in [1.807, 2.05) is 11.9 Å². The first-order chi connectivity index (χ1) is 7.97. The van der Waals surface area contributed by atoms with Gasteiger partial charge in [0.05, 0.1) is 12.5 Å². The average Bonchev–Trinajstić information content (AvgIpc) is 3.05. The Kier molecular flexibility index (Phi) is 3.13. The van der Waals surface area contributed by atoms with Gasteiger partial charge >= 0.3 is 0 Å². The van der Waals surface area contributed by atoms with Gasteiger partial charge in [0.2, 0.25) is 5.91 Å². The molecule has 1 saturated carbocycles. The molecule has 1 amide bonds. The van der Waals surface area contributed by atoms with Crippen molar-refractivity contribution in [2.45, 2.75) is 57.2 Å². The van der Waals surface area contributed by atoms with Gasteiger partial charge in [-0.3, -0.25) is 9.69 Å². The van der Waals surface area contributed by atoms with Crippen LogP contribution in [-0.2, 0) is 4.79 Å². The summed E-state index contributed by atoms with van der Waals surface area (Å²) < 4.78 is 0. The van der Waals surface area contributed by atoms with E-state index in [4.69, 9.17) is 5.26 Å². The van der Waals surface area contributed by atoms with Crippen molar-refractivity contribution >= 4 is 5.91 Å². The molecule has 4 nitrogen and oxygen atoms in total. The molecule has 0 N–H and O–H groups in total. The fourth-order valence-corrected chi connectivity index (χ4v) is 2.71. The zero-order valence-electron chi connectivity index (χ0n) is 10.9. The molecule has 4 heteroatoms. The second-order valence-corrected chi connectivity index (χ2v) is 5.86. The van der Waals surface area contributed by atoms with E-state index in [-0.39, 0.29) is 17.5 Å². The summed E-state index contributed by atoms with van der Waals surface area (Å²) in [5.74, 6) is 0.152. The van der Waals surface area contributed by atoms with Gasteiger partial charge in [0.25, 0.3) is 0 Å². The average molecular weight is 235 g/mol. The normalized spacial score (nSPS) is 29.9. The molecule has 1 unspecified atom stereocenters. The van der Waals surface area contributed by atoms with Crippen molar-refractivity contribution in [1.82, 2.24) is 9.80 Å². The van der Waals surface area contributed by atoms with Crippen LogP contribution in [0.5, 0.6) is 0 Å². The lowest BCUT2D eigenvalue weighted by atomic mass is 9.98. The van der Waals surface area contributed by atoms with Crippen LogP contribution in [0.2, 0.25) is 0 Å². The molecule has 94 valence electrons. The van der Waals surface area contributed by atoms with Crippen molar-refractivity contribution in [2.75, 3.05) is 13.6 Å². The summed E-state index contributed by atoms with van der Waals surface area (Å²) in [6.07, 6.45) is 3.53. The van der Waals surface area contributed by atoms with Crippen molar-refractivity contribution in [2.24, 2.45) is 0 Å². The highest BCUT2D eigenvalue weighted by atomic mass is 16.2. The molecule has 1 atom stereocenters. The lowest BCUT2D eigenvalue weighted by Crippen LogP contribution is -2.52. The second-order valence-electron chi connectivity index (χ2n) is 5.86. The predicted molar refractivity (Wildman–Crippen MR) is 65.2 cm³/mol. The molecule has 2 rings (SSSR count). The van der Waals surface area contributed by atoms with E-state index in [0.717, 1.165) is 25.8 Å². The van der Waals surface area contributed by atoms with Gasteiger partial charge in [0, 0.05) is 18.1 Å². The Bertz CT molecular complexity index is 354. The van der Waals surface area contributed by atoms with Gasteiger partial charge in [-0.1, -0.05) is 0 Å². The van der Waals surface area contributed by atoms with Gasteiger partial charge in [0.15, 0.2) is 0 Å². The first kappa shape index (κ1) is 12.4. The Balaban J connectivity index is 2.27. The topological polar surface area (TPSA) is 47.3 Å². The number of carbonyl (C=O) groups is 1. The molecule has 1 saturated heterocycles. The van der Waals surface area contributed by atoms with Crippen molar-refractivity contribution in [3.05, 3.63) is 0 Å². The first-order valence-corrected chi connectivity index (χ1v) is 6.38. The van der Waals surface area contributed by atoms with Crippen LogP contribution < -0.4 is 0 Å². The van der Waals surface area contributed by atoms with Crippen molar-refractivity contribution < 1.29 is 4.79 Å². The van der Waals surface area contributed by atoms with E-state index in [2.05, 4.69) is 24.8 Å². The number of rotatable bonds is 2. The summed E-state index contributed by atoms with van der Waals surface area (Å²) >= 11 is 0. The first-order valence-electron chi connectivity index (χ1n) is 6.38. The number of hydrogen-bond donors (Lipinski definition) is 0. The smallest absolute Gasteiger partial charge is 0.241 e. The third-order valence-corrected chi connectivity index (χ3v) is 3.98. The summed E-state index contributed by atoms with van der Waals surface area (Å²) in [5, 5.41) is 8.87. The second kappa shape index (κ2) is 4.30. The molecular weight excluding hydrogens is 214 g/mol. The number of amides is 1. The Labute approximate surface area is 103 Å². The van der Waals surface area contributed by atoms with E-state index < -0.39 is 0 Å². The van der Waals surface area contributed by atoms with E-state index in [9.17, 15) is 4.79 Å². The zero-order chi connectivity index (χ0) is 12.6. The zero-order valence-corrected chi connectivity index (χ0v) is 10.9. The van der Waals surface area contributed by atoms with Crippen molar-refractivity contribution in [3.63, 3.8) is 0 Å². The molecule has 2 fully saturated rings. The monoisotopic (exact) mass is 235 g/mol. The fourth-order valence-electron chi connectivity index (χ4n) is 2.71.